The molecule has 1 aromatic carbocycles. The molecule has 2 heterocycles. The van der Waals surface area contributed by atoms with Gasteiger partial charge in [-0.25, -0.2) is 0 Å². The summed E-state index contributed by atoms with van der Waals surface area (Å²) in [4.78, 5) is 15.0. The van der Waals surface area contributed by atoms with Crippen molar-refractivity contribution in [3.63, 3.8) is 0 Å². The van der Waals surface area contributed by atoms with Crippen LogP contribution in [0, 0.1) is 0 Å². The molecule has 2 nitrogen and oxygen atoms in total. The standard InChI is InChI=1S/C12H9NOS/c14-12-10-6-7-15-11(10)8-13(12)9-4-2-1-3-5-9/h1-7H,8H2. The molecule has 0 N–H and O–H groups in total. The van der Waals surface area contributed by atoms with Crippen LogP contribution in [0.3, 0.4) is 0 Å². The van der Waals surface area contributed by atoms with Crippen LogP contribution in [-0.2, 0) is 6.54 Å². The fourth-order valence-electron chi connectivity index (χ4n) is 1.83. The van der Waals surface area contributed by atoms with Crippen LogP contribution in [0.25, 0.3) is 0 Å². The minimum atomic E-state index is 0.123. The first kappa shape index (κ1) is 8.68. The van der Waals surface area contributed by atoms with Crippen LogP contribution in [0.1, 0.15) is 15.2 Å². The van der Waals surface area contributed by atoms with Crippen LogP contribution in [0.4, 0.5) is 5.69 Å². The number of benzene rings is 1. The molecule has 0 atom stereocenters. The third-order valence-electron chi connectivity index (χ3n) is 2.59. The normalized spacial score (nSPS) is 14.4. The molecule has 0 bridgehead atoms. The highest BCUT2D eigenvalue weighted by Gasteiger charge is 2.28. The van der Waals surface area contributed by atoms with Crippen molar-refractivity contribution in [3.8, 4) is 0 Å². The van der Waals surface area contributed by atoms with Crippen molar-refractivity contribution >= 4 is 22.9 Å². The van der Waals surface area contributed by atoms with E-state index in [1.807, 2.05) is 46.7 Å². The Bertz CT molecular complexity index is 503. The Balaban J connectivity index is 2.00. The second kappa shape index (κ2) is 3.21. The summed E-state index contributed by atoms with van der Waals surface area (Å²) in [6, 6.07) is 11.7. The number of nitrogens with zero attached hydrogens (tertiary/aromatic N) is 1. The van der Waals surface area contributed by atoms with Gasteiger partial charge in [-0.15, -0.1) is 11.3 Å². The summed E-state index contributed by atoms with van der Waals surface area (Å²) < 4.78 is 0. The molecule has 0 saturated carbocycles. The smallest absolute Gasteiger partial charge is 0.259 e. The van der Waals surface area contributed by atoms with Gasteiger partial charge in [0.25, 0.3) is 5.91 Å². The molecule has 1 aliphatic heterocycles. The molecular formula is C12H9NOS. The molecule has 2 aromatic rings. The van der Waals surface area contributed by atoms with Gasteiger partial charge >= 0.3 is 0 Å². The SMILES string of the molecule is O=C1c2ccsc2CN1c1ccccc1. The quantitative estimate of drug-likeness (QED) is 0.716. The van der Waals surface area contributed by atoms with E-state index in [4.69, 9.17) is 0 Å². The number of thiophene rings is 1. The molecule has 1 aliphatic rings. The van der Waals surface area contributed by atoms with Crippen LogP contribution in [0.2, 0.25) is 0 Å². The molecule has 3 rings (SSSR count). The first-order valence-corrected chi connectivity index (χ1v) is 5.67. The molecule has 0 fully saturated rings. The monoisotopic (exact) mass is 215 g/mol. The number of para-hydroxylation sites is 1. The van der Waals surface area contributed by atoms with Crippen LogP contribution < -0.4 is 4.90 Å². The van der Waals surface area contributed by atoms with E-state index in [1.54, 1.807) is 11.3 Å². The highest BCUT2D eigenvalue weighted by molar-refractivity contribution is 7.10. The Hall–Kier alpha value is -1.61. The zero-order valence-corrected chi connectivity index (χ0v) is 8.83. The first-order chi connectivity index (χ1) is 7.36. The summed E-state index contributed by atoms with van der Waals surface area (Å²) >= 11 is 1.65. The van der Waals surface area contributed by atoms with E-state index >= 15 is 0 Å². The Morgan fingerprint density at radius 1 is 1.13 bits per heavy atom. The lowest BCUT2D eigenvalue weighted by molar-refractivity contribution is 0.0996. The molecule has 0 radical (unpaired) electrons. The lowest BCUT2D eigenvalue weighted by atomic mass is 10.3. The zero-order chi connectivity index (χ0) is 10.3. The van der Waals surface area contributed by atoms with Crippen LogP contribution in [0.5, 0.6) is 0 Å². The van der Waals surface area contributed by atoms with Gasteiger partial charge in [0.05, 0.1) is 12.1 Å². The Morgan fingerprint density at radius 3 is 2.67 bits per heavy atom. The van der Waals surface area contributed by atoms with Crippen molar-refractivity contribution in [3.05, 3.63) is 52.2 Å². The number of hydrogen-bond acceptors (Lipinski definition) is 2. The highest BCUT2D eigenvalue weighted by atomic mass is 32.1. The van der Waals surface area contributed by atoms with Crippen LogP contribution in [0.15, 0.2) is 41.8 Å². The van der Waals surface area contributed by atoms with Gasteiger partial charge in [0, 0.05) is 10.6 Å². The Morgan fingerprint density at radius 2 is 1.93 bits per heavy atom. The van der Waals surface area contributed by atoms with Crippen LogP contribution >= 0.6 is 11.3 Å². The van der Waals surface area contributed by atoms with Crippen molar-refractivity contribution in [2.75, 3.05) is 4.90 Å². The van der Waals surface area contributed by atoms with Gasteiger partial charge in [-0.05, 0) is 23.6 Å². The molecule has 3 heteroatoms. The molecule has 0 aliphatic carbocycles. The second-order valence-corrected chi connectivity index (χ2v) is 4.48. The molecule has 0 spiro atoms. The Labute approximate surface area is 91.8 Å². The maximum absolute atomic E-state index is 12.0. The van der Waals surface area contributed by atoms with Crippen molar-refractivity contribution in [2.45, 2.75) is 6.54 Å². The minimum Gasteiger partial charge on any atom is -0.303 e. The van der Waals surface area contributed by atoms with Gasteiger partial charge in [-0.1, -0.05) is 18.2 Å². The topological polar surface area (TPSA) is 20.3 Å². The van der Waals surface area contributed by atoms with Crippen molar-refractivity contribution in [1.29, 1.82) is 0 Å². The number of carbonyl (C=O) groups excluding carboxylic acids is 1. The van der Waals surface area contributed by atoms with Crippen LogP contribution in [-0.4, -0.2) is 5.91 Å². The predicted octanol–water partition coefficient (Wildman–Crippen LogP) is 2.91. The van der Waals surface area contributed by atoms with Gasteiger partial charge < -0.3 is 4.90 Å². The van der Waals surface area contributed by atoms with Crippen molar-refractivity contribution in [2.24, 2.45) is 0 Å². The van der Waals surface area contributed by atoms with E-state index < -0.39 is 0 Å². The van der Waals surface area contributed by atoms with E-state index in [-0.39, 0.29) is 5.91 Å². The lowest BCUT2D eigenvalue weighted by Gasteiger charge is -2.15. The summed E-state index contributed by atoms with van der Waals surface area (Å²) in [6.45, 7) is 0.718. The molecule has 1 aromatic heterocycles. The number of amides is 1. The van der Waals surface area contributed by atoms with E-state index in [1.165, 1.54) is 4.88 Å². The second-order valence-electron chi connectivity index (χ2n) is 3.48. The summed E-state index contributed by atoms with van der Waals surface area (Å²) in [5.74, 6) is 0.123. The number of rotatable bonds is 1. The molecule has 15 heavy (non-hydrogen) atoms. The Kier molecular flexibility index (Phi) is 1.86. The number of hydrogen-bond donors (Lipinski definition) is 0. The molecule has 0 saturated heterocycles. The number of carbonyl (C=O) groups is 1. The average Bonchev–Trinajstić information content (AvgIpc) is 2.83. The predicted molar refractivity (Wildman–Crippen MR) is 61.3 cm³/mol. The van der Waals surface area contributed by atoms with E-state index in [2.05, 4.69) is 0 Å². The maximum Gasteiger partial charge on any atom is 0.259 e. The molecule has 74 valence electrons. The van der Waals surface area contributed by atoms with Crippen molar-refractivity contribution in [1.82, 2.24) is 0 Å². The van der Waals surface area contributed by atoms with E-state index in [0.717, 1.165) is 17.8 Å². The number of fused-ring (bicyclic) bond motifs is 1. The summed E-state index contributed by atoms with van der Waals surface area (Å²) in [5, 5.41) is 1.98. The van der Waals surface area contributed by atoms with E-state index in [0.29, 0.717) is 0 Å². The van der Waals surface area contributed by atoms with Gasteiger partial charge in [0.15, 0.2) is 0 Å². The lowest BCUT2D eigenvalue weighted by Crippen LogP contribution is -2.22. The molecular weight excluding hydrogens is 206 g/mol. The average molecular weight is 215 g/mol. The molecule has 0 unspecified atom stereocenters. The van der Waals surface area contributed by atoms with Gasteiger partial charge in [-0.2, -0.15) is 0 Å². The minimum absolute atomic E-state index is 0.123. The van der Waals surface area contributed by atoms with Gasteiger partial charge in [-0.3, -0.25) is 4.79 Å². The zero-order valence-electron chi connectivity index (χ0n) is 8.01. The third kappa shape index (κ3) is 1.27. The summed E-state index contributed by atoms with van der Waals surface area (Å²) in [6.07, 6.45) is 0. The van der Waals surface area contributed by atoms with Crippen molar-refractivity contribution < 1.29 is 4.79 Å². The highest BCUT2D eigenvalue weighted by Crippen LogP contribution is 2.31. The summed E-state index contributed by atoms with van der Waals surface area (Å²) in [5.41, 5.74) is 1.84. The first-order valence-electron chi connectivity index (χ1n) is 4.79. The fraction of sp³-hybridized carbons (Fsp3) is 0.0833. The molecule has 1 amide bonds. The van der Waals surface area contributed by atoms with Gasteiger partial charge in [0.2, 0.25) is 0 Å². The maximum atomic E-state index is 12.0. The summed E-state index contributed by atoms with van der Waals surface area (Å²) in [7, 11) is 0. The third-order valence-corrected chi connectivity index (χ3v) is 3.50. The number of anilines is 1. The fourth-order valence-corrected chi connectivity index (χ4v) is 2.69. The largest absolute Gasteiger partial charge is 0.303 e. The van der Waals surface area contributed by atoms with E-state index in [9.17, 15) is 4.79 Å². The van der Waals surface area contributed by atoms with Gasteiger partial charge in [0.1, 0.15) is 0 Å².